The Morgan fingerprint density at radius 3 is 1.52 bits per heavy atom. The van der Waals surface area contributed by atoms with Crippen molar-refractivity contribution >= 4 is 43.8 Å². The highest BCUT2D eigenvalue weighted by molar-refractivity contribution is 8.03. The van der Waals surface area contributed by atoms with Gasteiger partial charge in [-0.15, -0.1) is 23.5 Å². The van der Waals surface area contributed by atoms with Crippen molar-refractivity contribution < 1.29 is 30.7 Å². The van der Waals surface area contributed by atoms with Crippen LogP contribution in [0.1, 0.15) is 0 Å². The predicted octanol–water partition coefficient (Wildman–Crippen LogP) is 1.27. The first-order valence-electron chi connectivity index (χ1n) is 5.72. The van der Waals surface area contributed by atoms with Gasteiger partial charge in [0, 0.05) is 11.5 Å². The number of rotatable bonds is 12. The molecule has 0 fully saturated rings. The average molecular weight is 379 g/mol. The van der Waals surface area contributed by atoms with Crippen molar-refractivity contribution in [2.75, 3.05) is 36.2 Å². The van der Waals surface area contributed by atoms with Gasteiger partial charge in [-0.25, -0.2) is 0 Å². The van der Waals surface area contributed by atoms with E-state index < -0.39 is 20.2 Å². The molecule has 0 aliphatic carbocycles. The molecule has 0 bridgehead atoms. The summed E-state index contributed by atoms with van der Waals surface area (Å²) in [6.07, 6.45) is 3.43. The van der Waals surface area contributed by atoms with Gasteiger partial charge in [0.15, 0.2) is 0 Å². The molecule has 0 rings (SSSR count). The largest absolute Gasteiger partial charge is 0.373 e. The molecule has 0 heterocycles. The van der Waals surface area contributed by atoms with E-state index in [9.17, 15) is 16.8 Å². The van der Waals surface area contributed by atoms with Gasteiger partial charge < -0.3 is 4.74 Å². The van der Waals surface area contributed by atoms with Crippen LogP contribution in [-0.2, 0) is 25.0 Å². The van der Waals surface area contributed by atoms with Crippen molar-refractivity contribution in [1.82, 2.24) is 0 Å². The van der Waals surface area contributed by atoms with Gasteiger partial charge in [-0.1, -0.05) is 12.2 Å². The molecule has 0 aromatic heterocycles. The van der Waals surface area contributed by atoms with E-state index in [2.05, 4.69) is 0 Å². The van der Waals surface area contributed by atoms with E-state index >= 15 is 0 Å². The lowest BCUT2D eigenvalue weighted by Gasteiger charge is -1.96. The summed E-state index contributed by atoms with van der Waals surface area (Å²) in [5.74, 6) is -0.0158. The Bertz CT molecular complexity index is 474. The van der Waals surface area contributed by atoms with Crippen LogP contribution in [0.15, 0.2) is 23.0 Å². The van der Waals surface area contributed by atoms with Crippen molar-refractivity contribution in [3.8, 4) is 0 Å². The third-order valence-corrected chi connectivity index (χ3v) is 5.34. The second-order valence-electron chi connectivity index (χ2n) is 3.59. The Labute approximate surface area is 133 Å². The zero-order valence-electron chi connectivity index (χ0n) is 11.1. The fraction of sp³-hybridized carbons (Fsp3) is 0.600. The molecule has 0 saturated carbocycles. The van der Waals surface area contributed by atoms with Gasteiger partial charge in [-0.05, 0) is 10.8 Å². The van der Waals surface area contributed by atoms with E-state index in [0.717, 1.165) is 0 Å². The molecule has 21 heavy (non-hydrogen) atoms. The second-order valence-corrected chi connectivity index (χ2v) is 8.77. The summed E-state index contributed by atoms with van der Waals surface area (Å²) in [6, 6.07) is 0. The maximum Gasteiger partial charge on any atom is 0.265 e. The van der Waals surface area contributed by atoms with Gasteiger partial charge in [0.2, 0.25) is 0 Å². The lowest BCUT2D eigenvalue weighted by Crippen LogP contribution is -2.05. The van der Waals surface area contributed by atoms with E-state index in [1.165, 1.54) is 23.5 Å². The molecule has 2 N–H and O–H groups in total. The summed E-state index contributed by atoms with van der Waals surface area (Å²) in [6.45, 7) is 0.720. The highest BCUT2D eigenvalue weighted by Crippen LogP contribution is 2.04. The van der Waals surface area contributed by atoms with Crippen molar-refractivity contribution in [3.63, 3.8) is 0 Å². The Morgan fingerprint density at radius 1 is 0.810 bits per heavy atom. The van der Waals surface area contributed by atoms with Crippen molar-refractivity contribution in [2.24, 2.45) is 0 Å². The van der Waals surface area contributed by atoms with Gasteiger partial charge in [0.05, 0.1) is 24.7 Å². The first-order chi connectivity index (χ1) is 9.71. The Hall–Kier alpha value is -0.0400. The highest BCUT2D eigenvalue weighted by Gasteiger charge is 2.02. The monoisotopic (exact) mass is 378 g/mol. The first kappa shape index (κ1) is 21.0. The third-order valence-electron chi connectivity index (χ3n) is 1.73. The van der Waals surface area contributed by atoms with Gasteiger partial charge in [0.25, 0.3) is 20.2 Å². The molecular formula is C10H18O7S4. The molecule has 11 heteroatoms. The maximum absolute atomic E-state index is 10.4. The zero-order valence-corrected chi connectivity index (χ0v) is 14.4. The molecule has 0 aliphatic heterocycles. The average Bonchev–Trinajstić information content (AvgIpc) is 2.32. The number of thioether (sulfide) groups is 2. The van der Waals surface area contributed by atoms with Gasteiger partial charge in [-0.2, -0.15) is 16.8 Å². The van der Waals surface area contributed by atoms with Crippen molar-refractivity contribution in [1.29, 1.82) is 0 Å². The molecule has 0 aromatic carbocycles. The van der Waals surface area contributed by atoms with Crippen LogP contribution in [0.5, 0.6) is 0 Å². The van der Waals surface area contributed by atoms with Crippen LogP contribution in [0.2, 0.25) is 0 Å². The molecule has 0 saturated heterocycles. The third kappa shape index (κ3) is 20.0. The summed E-state index contributed by atoms with van der Waals surface area (Å²) in [7, 11) is -7.79. The smallest absolute Gasteiger partial charge is 0.265 e. The SMILES string of the molecule is O=S(=O)(O)CCSC=CCOCC=CSCCS(=O)(=O)O. The van der Waals surface area contributed by atoms with E-state index in [1.54, 1.807) is 23.0 Å². The summed E-state index contributed by atoms with van der Waals surface area (Å²) in [5.41, 5.74) is 0. The Morgan fingerprint density at radius 2 is 1.19 bits per heavy atom. The summed E-state index contributed by atoms with van der Waals surface area (Å²) < 4.78 is 63.8. The minimum Gasteiger partial charge on any atom is -0.373 e. The Balaban J connectivity index is 3.43. The quantitative estimate of drug-likeness (QED) is 0.382. The van der Waals surface area contributed by atoms with Crippen LogP contribution < -0.4 is 0 Å². The minimum atomic E-state index is -3.90. The van der Waals surface area contributed by atoms with Crippen LogP contribution >= 0.6 is 23.5 Å². The zero-order chi connectivity index (χ0) is 16.2. The Kier molecular flexibility index (Phi) is 11.5. The molecule has 0 aromatic rings. The minimum absolute atomic E-state index is 0.277. The maximum atomic E-state index is 10.4. The lowest BCUT2D eigenvalue weighted by atomic mass is 10.6. The lowest BCUT2D eigenvalue weighted by molar-refractivity contribution is 0.194. The molecule has 0 aliphatic rings. The second kappa shape index (κ2) is 11.5. The fourth-order valence-electron chi connectivity index (χ4n) is 0.862. The first-order valence-corrected chi connectivity index (χ1v) is 11.0. The van der Waals surface area contributed by atoms with Crippen LogP contribution in [0.25, 0.3) is 0 Å². The van der Waals surface area contributed by atoms with Gasteiger partial charge in [0.1, 0.15) is 0 Å². The molecule has 0 amide bonds. The number of ether oxygens (including phenoxy) is 1. The number of hydrogen-bond donors (Lipinski definition) is 2. The fourth-order valence-corrected chi connectivity index (χ4v) is 4.02. The van der Waals surface area contributed by atoms with E-state index in [4.69, 9.17) is 13.8 Å². The van der Waals surface area contributed by atoms with E-state index in [-0.39, 0.29) is 23.0 Å². The van der Waals surface area contributed by atoms with Crippen LogP contribution in [0, 0.1) is 0 Å². The van der Waals surface area contributed by atoms with Crippen LogP contribution in [0.4, 0.5) is 0 Å². The van der Waals surface area contributed by atoms with Crippen LogP contribution in [0.3, 0.4) is 0 Å². The molecule has 124 valence electrons. The molecule has 0 spiro atoms. The van der Waals surface area contributed by atoms with E-state index in [0.29, 0.717) is 13.2 Å². The van der Waals surface area contributed by atoms with Crippen LogP contribution in [-0.4, -0.2) is 62.2 Å². The number of hydrogen-bond acceptors (Lipinski definition) is 7. The normalized spacial score (nSPS) is 13.4. The van der Waals surface area contributed by atoms with Gasteiger partial charge in [-0.3, -0.25) is 9.11 Å². The molecule has 0 atom stereocenters. The molecule has 0 unspecified atom stereocenters. The highest BCUT2D eigenvalue weighted by atomic mass is 32.2. The summed E-state index contributed by atoms with van der Waals surface area (Å²) in [4.78, 5) is 0. The molecular weight excluding hydrogens is 360 g/mol. The van der Waals surface area contributed by atoms with Gasteiger partial charge >= 0.3 is 0 Å². The topological polar surface area (TPSA) is 118 Å². The van der Waals surface area contributed by atoms with E-state index in [1.807, 2.05) is 0 Å². The van der Waals surface area contributed by atoms with Crippen molar-refractivity contribution in [3.05, 3.63) is 23.0 Å². The summed E-state index contributed by atoms with van der Waals surface area (Å²) >= 11 is 2.51. The predicted molar refractivity (Wildman–Crippen MR) is 86.8 cm³/mol. The molecule has 7 nitrogen and oxygen atoms in total. The summed E-state index contributed by atoms with van der Waals surface area (Å²) in [5, 5.41) is 3.38. The molecule has 0 radical (unpaired) electrons. The van der Waals surface area contributed by atoms with Crippen molar-refractivity contribution in [2.45, 2.75) is 0 Å². The standard InChI is InChI=1S/C10H18O7S4/c11-20(12,13)9-7-18-5-1-3-17-4-2-6-19-8-10-21(14,15)16/h1-2,5-6H,3-4,7-10H2,(H,11,12,13)(H,14,15,16).